The lowest BCUT2D eigenvalue weighted by Crippen LogP contribution is -2.25. The van der Waals surface area contributed by atoms with Crippen LogP contribution in [0.5, 0.6) is 0 Å². The van der Waals surface area contributed by atoms with Crippen LogP contribution in [0.2, 0.25) is 0 Å². The average molecular weight is 307 g/mol. The van der Waals surface area contributed by atoms with Crippen LogP contribution >= 0.6 is 0 Å². The molecule has 0 saturated heterocycles. The maximum atomic E-state index is 11.5. The Balaban J connectivity index is 1.87. The zero-order valence-corrected chi connectivity index (χ0v) is 13.4. The molecule has 0 bridgehead atoms. The predicted octanol–water partition coefficient (Wildman–Crippen LogP) is 4.03. The highest BCUT2D eigenvalue weighted by Crippen LogP contribution is 2.08. The third-order valence-electron chi connectivity index (χ3n) is 3.57. The van der Waals surface area contributed by atoms with Crippen LogP contribution < -0.4 is 5.32 Å². The van der Waals surface area contributed by atoms with Crippen molar-refractivity contribution in [2.24, 2.45) is 0 Å². The molecule has 2 N–H and O–H groups in total. The molecule has 0 spiro atoms. The Kier molecular flexibility index (Phi) is 11.0. The fourth-order valence-electron chi connectivity index (χ4n) is 2.26. The number of amides is 1. The number of aliphatic hydroxyl groups excluding tert-OH is 1. The van der Waals surface area contributed by atoms with Crippen molar-refractivity contribution in [1.29, 1.82) is 0 Å². The first kappa shape index (κ1) is 18.5. The Morgan fingerprint density at radius 3 is 2.14 bits per heavy atom. The molecule has 0 aliphatic carbocycles. The van der Waals surface area contributed by atoms with E-state index in [0.717, 1.165) is 31.2 Å². The van der Waals surface area contributed by atoms with Gasteiger partial charge in [-0.15, -0.1) is 0 Å². The van der Waals surface area contributed by atoms with Crippen molar-refractivity contribution in [3.8, 4) is 0 Å². The van der Waals surface area contributed by atoms with Gasteiger partial charge in [-0.05, 0) is 18.4 Å². The summed E-state index contributed by atoms with van der Waals surface area (Å²) in [4.78, 5) is 11.5. The molecule has 0 unspecified atom stereocenters. The molecule has 0 saturated carbocycles. The van der Waals surface area contributed by atoms with Crippen molar-refractivity contribution in [1.82, 2.24) is 5.32 Å². The number of aliphatic hydroxyl groups is 1. The molecule has 4 nitrogen and oxygen atoms in total. The number of carbonyl (C=O) groups is 1. The lowest BCUT2D eigenvalue weighted by atomic mass is 10.1. The third kappa shape index (κ3) is 10.2. The van der Waals surface area contributed by atoms with E-state index in [-0.39, 0.29) is 6.09 Å². The summed E-state index contributed by atoms with van der Waals surface area (Å²) >= 11 is 0. The van der Waals surface area contributed by atoms with Gasteiger partial charge < -0.3 is 15.2 Å². The topological polar surface area (TPSA) is 58.6 Å². The Labute approximate surface area is 133 Å². The van der Waals surface area contributed by atoms with Crippen LogP contribution in [-0.4, -0.2) is 24.4 Å². The number of hydrogen-bond acceptors (Lipinski definition) is 3. The quantitative estimate of drug-likeness (QED) is 0.573. The monoisotopic (exact) mass is 307 g/mol. The second-order valence-electron chi connectivity index (χ2n) is 5.54. The summed E-state index contributed by atoms with van der Waals surface area (Å²) in [7, 11) is 0. The third-order valence-corrected chi connectivity index (χ3v) is 3.57. The number of nitrogens with one attached hydrogen (secondary N) is 1. The smallest absolute Gasteiger partial charge is 0.407 e. The first-order valence-corrected chi connectivity index (χ1v) is 8.38. The number of hydrogen-bond donors (Lipinski definition) is 2. The van der Waals surface area contributed by atoms with Gasteiger partial charge in [0.15, 0.2) is 0 Å². The van der Waals surface area contributed by atoms with Gasteiger partial charge in [0.05, 0.1) is 0 Å². The molecular formula is C18H29NO3. The SMILES string of the molecule is O=C(NCCCCCCCCCCO)OCc1ccccc1. The largest absolute Gasteiger partial charge is 0.445 e. The second kappa shape index (κ2) is 13.1. The van der Waals surface area contributed by atoms with E-state index in [9.17, 15) is 4.79 Å². The van der Waals surface area contributed by atoms with Gasteiger partial charge in [-0.3, -0.25) is 0 Å². The normalized spacial score (nSPS) is 10.4. The number of ether oxygens (including phenoxy) is 1. The van der Waals surface area contributed by atoms with Crippen LogP contribution in [0.4, 0.5) is 4.79 Å². The Morgan fingerprint density at radius 1 is 0.909 bits per heavy atom. The van der Waals surface area contributed by atoms with E-state index in [1.54, 1.807) is 0 Å². The highest BCUT2D eigenvalue weighted by atomic mass is 16.5. The van der Waals surface area contributed by atoms with E-state index in [1.807, 2.05) is 30.3 Å². The summed E-state index contributed by atoms with van der Waals surface area (Å²) in [6.07, 6.45) is 8.75. The van der Waals surface area contributed by atoms with E-state index in [0.29, 0.717) is 19.8 Å². The molecule has 0 fully saturated rings. The maximum absolute atomic E-state index is 11.5. The Hall–Kier alpha value is -1.55. The zero-order valence-electron chi connectivity index (χ0n) is 13.4. The van der Waals surface area contributed by atoms with Gasteiger partial charge in [0.1, 0.15) is 6.61 Å². The Bertz CT molecular complexity index is 381. The highest BCUT2D eigenvalue weighted by molar-refractivity contribution is 5.67. The number of unbranched alkanes of at least 4 members (excludes halogenated alkanes) is 7. The van der Waals surface area contributed by atoms with Crippen molar-refractivity contribution in [3.63, 3.8) is 0 Å². The van der Waals surface area contributed by atoms with E-state index in [4.69, 9.17) is 9.84 Å². The Morgan fingerprint density at radius 2 is 1.50 bits per heavy atom. The van der Waals surface area contributed by atoms with E-state index in [2.05, 4.69) is 5.32 Å². The molecule has 0 aliphatic heterocycles. The maximum Gasteiger partial charge on any atom is 0.407 e. The van der Waals surface area contributed by atoms with Crippen LogP contribution in [0.15, 0.2) is 30.3 Å². The van der Waals surface area contributed by atoms with Gasteiger partial charge in [-0.25, -0.2) is 4.79 Å². The van der Waals surface area contributed by atoms with Gasteiger partial charge >= 0.3 is 6.09 Å². The molecule has 1 amide bonds. The van der Waals surface area contributed by atoms with E-state index >= 15 is 0 Å². The van der Waals surface area contributed by atoms with Crippen LogP contribution in [0.25, 0.3) is 0 Å². The average Bonchev–Trinajstić information content (AvgIpc) is 2.55. The van der Waals surface area contributed by atoms with E-state index < -0.39 is 0 Å². The number of alkyl carbamates (subject to hydrolysis) is 1. The molecule has 0 radical (unpaired) electrons. The summed E-state index contributed by atoms with van der Waals surface area (Å²) in [6, 6.07) is 9.68. The molecule has 0 heterocycles. The number of carbonyl (C=O) groups excluding carboxylic acids is 1. The van der Waals surface area contributed by atoms with Crippen LogP contribution in [0.3, 0.4) is 0 Å². The van der Waals surface area contributed by atoms with Crippen LogP contribution in [-0.2, 0) is 11.3 Å². The molecule has 1 aromatic carbocycles. The first-order chi connectivity index (χ1) is 10.8. The minimum absolute atomic E-state index is 0.312. The number of benzene rings is 1. The fraction of sp³-hybridized carbons (Fsp3) is 0.611. The minimum Gasteiger partial charge on any atom is -0.445 e. The minimum atomic E-state index is -0.340. The van der Waals surface area contributed by atoms with Crippen molar-refractivity contribution < 1.29 is 14.6 Å². The van der Waals surface area contributed by atoms with Gasteiger partial charge in [0.2, 0.25) is 0 Å². The molecule has 22 heavy (non-hydrogen) atoms. The lowest BCUT2D eigenvalue weighted by molar-refractivity contribution is 0.139. The molecule has 1 aromatic rings. The first-order valence-electron chi connectivity index (χ1n) is 8.38. The summed E-state index contributed by atoms with van der Waals surface area (Å²) in [5.41, 5.74) is 0.999. The van der Waals surface area contributed by atoms with Crippen molar-refractivity contribution in [3.05, 3.63) is 35.9 Å². The van der Waals surface area contributed by atoms with Crippen molar-refractivity contribution >= 4 is 6.09 Å². The molecule has 1 rings (SSSR count). The molecule has 4 heteroatoms. The zero-order chi connectivity index (χ0) is 15.9. The molecule has 124 valence electrons. The summed E-state index contributed by atoms with van der Waals surface area (Å²) in [5.74, 6) is 0. The van der Waals surface area contributed by atoms with Gasteiger partial charge in [-0.2, -0.15) is 0 Å². The summed E-state index contributed by atoms with van der Waals surface area (Å²) < 4.78 is 5.14. The van der Waals surface area contributed by atoms with Gasteiger partial charge in [0, 0.05) is 13.2 Å². The standard InChI is InChI=1S/C18H29NO3/c20-15-11-6-4-2-1-3-5-10-14-19-18(21)22-16-17-12-8-7-9-13-17/h7-9,12-13,20H,1-6,10-11,14-16H2,(H,19,21). The van der Waals surface area contributed by atoms with Gasteiger partial charge in [0.25, 0.3) is 0 Å². The van der Waals surface area contributed by atoms with Crippen molar-refractivity contribution in [2.75, 3.05) is 13.2 Å². The van der Waals surface area contributed by atoms with Crippen LogP contribution in [0.1, 0.15) is 56.9 Å². The summed E-state index contributed by atoms with van der Waals surface area (Å²) in [5, 5.41) is 11.5. The second-order valence-corrected chi connectivity index (χ2v) is 5.54. The fourth-order valence-corrected chi connectivity index (χ4v) is 2.26. The molecular weight excluding hydrogens is 278 g/mol. The lowest BCUT2D eigenvalue weighted by Gasteiger charge is -2.07. The van der Waals surface area contributed by atoms with Crippen molar-refractivity contribution in [2.45, 2.75) is 58.0 Å². The summed E-state index contributed by atoms with van der Waals surface area (Å²) in [6.45, 7) is 1.31. The molecule has 0 aromatic heterocycles. The number of rotatable bonds is 12. The van der Waals surface area contributed by atoms with Gasteiger partial charge in [-0.1, -0.05) is 68.9 Å². The molecule has 0 atom stereocenters. The molecule has 0 aliphatic rings. The predicted molar refractivity (Wildman–Crippen MR) is 88.7 cm³/mol. The van der Waals surface area contributed by atoms with Crippen LogP contribution in [0, 0.1) is 0 Å². The highest BCUT2D eigenvalue weighted by Gasteiger charge is 2.01. The van der Waals surface area contributed by atoms with E-state index in [1.165, 1.54) is 25.7 Å².